The quantitative estimate of drug-likeness (QED) is 0.613. The Hall–Kier alpha value is -2.15. The Morgan fingerprint density at radius 1 is 1.44 bits per heavy atom. The van der Waals surface area contributed by atoms with Gasteiger partial charge < -0.3 is 16.2 Å². The number of carbonyl (C=O) groups excluding carboxylic acids is 2. The first kappa shape index (κ1) is 11.9. The Labute approximate surface area is 91.8 Å². The van der Waals surface area contributed by atoms with Crippen LogP contribution in [0.2, 0.25) is 0 Å². The molecule has 3 amide bonds. The molecule has 0 bridgehead atoms. The van der Waals surface area contributed by atoms with E-state index in [4.69, 9.17) is 16.2 Å². The van der Waals surface area contributed by atoms with Crippen LogP contribution in [0.4, 0.5) is 4.79 Å². The Kier molecular flexibility index (Phi) is 4.22. The average Bonchev–Trinajstić information content (AvgIpc) is 2.26. The fraction of sp³-hybridized carbons (Fsp3) is 0.222. The third-order valence-electron chi connectivity index (χ3n) is 1.64. The first-order chi connectivity index (χ1) is 7.61. The van der Waals surface area contributed by atoms with Crippen LogP contribution in [0.15, 0.2) is 18.3 Å². The summed E-state index contributed by atoms with van der Waals surface area (Å²) in [6.45, 7) is 0.0367. The van der Waals surface area contributed by atoms with Gasteiger partial charge in [-0.3, -0.25) is 15.1 Å². The maximum absolute atomic E-state index is 11.0. The molecule has 1 heterocycles. The number of pyridine rings is 1. The number of hydrogen-bond acceptors (Lipinski definition) is 5. The van der Waals surface area contributed by atoms with Gasteiger partial charge in [-0.15, -0.1) is 0 Å². The number of nitrogens with one attached hydrogen (secondary N) is 1. The van der Waals surface area contributed by atoms with Crippen LogP contribution in [0.5, 0.6) is 5.75 Å². The number of nitrogens with two attached hydrogens (primary N) is 2. The second-order valence-corrected chi connectivity index (χ2v) is 2.89. The van der Waals surface area contributed by atoms with Gasteiger partial charge in [-0.1, -0.05) is 0 Å². The number of carbonyl (C=O) groups is 2. The molecule has 0 unspecified atom stereocenters. The van der Waals surface area contributed by atoms with Crippen molar-refractivity contribution in [3.05, 3.63) is 24.0 Å². The third kappa shape index (κ3) is 3.93. The molecule has 0 aliphatic heterocycles. The van der Waals surface area contributed by atoms with E-state index < -0.39 is 11.9 Å². The van der Waals surface area contributed by atoms with Crippen molar-refractivity contribution in [2.75, 3.05) is 6.61 Å². The van der Waals surface area contributed by atoms with E-state index in [2.05, 4.69) is 4.98 Å². The molecule has 0 saturated carbocycles. The summed E-state index contributed by atoms with van der Waals surface area (Å²) >= 11 is 0. The molecular weight excluding hydrogens is 212 g/mol. The van der Waals surface area contributed by atoms with E-state index in [-0.39, 0.29) is 6.61 Å². The molecule has 7 heteroatoms. The van der Waals surface area contributed by atoms with Crippen LogP contribution in [0.1, 0.15) is 5.69 Å². The van der Waals surface area contributed by atoms with Gasteiger partial charge in [0.05, 0.1) is 11.9 Å². The Morgan fingerprint density at radius 3 is 2.69 bits per heavy atom. The largest absolute Gasteiger partial charge is 0.482 e. The minimum Gasteiger partial charge on any atom is -0.482 e. The van der Waals surface area contributed by atoms with Crippen molar-refractivity contribution in [3.8, 4) is 5.75 Å². The number of nitrogens with zero attached hydrogens (tertiary/aromatic N) is 1. The Bertz CT molecular complexity index is 377. The summed E-state index contributed by atoms with van der Waals surface area (Å²) in [7, 11) is 0. The van der Waals surface area contributed by atoms with E-state index >= 15 is 0 Å². The summed E-state index contributed by atoms with van der Waals surface area (Å²) in [5.41, 5.74) is 10.8. The van der Waals surface area contributed by atoms with Crippen molar-refractivity contribution < 1.29 is 14.3 Å². The predicted molar refractivity (Wildman–Crippen MR) is 55.3 cm³/mol. The molecule has 5 N–H and O–H groups in total. The summed E-state index contributed by atoms with van der Waals surface area (Å²) in [4.78, 5) is 25.2. The van der Waals surface area contributed by atoms with Crippen molar-refractivity contribution >= 4 is 11.9 Å². The zero-order chi connectivity index (χ0) is 12.0. The van der Waals surface area contributed by atoms with E-state index in [1.807, 2.05) is 5.32 Å². The molecule has 0 radical (unpaired) electrons. The number of imide groups is 1. The first-order valence-electron chi connectivity index (χ1n) is 4.49. The van der Waals surface area contributed by atoms with E-state index in [9.17, 15) is 9.59 Å². The number of ether oxygens (including phenoxy) is 1. The van der Waals surface area contributed by atoms with Crippen molar-refractivity contribution in [3.63, 3.8) is 0 Å². The summed E-state index contributed by atoms with van der Waals surface area (Å²) in [6.07, 6.45) is 1.44. The maximum atomic E-state index is 11.0. The van der Waals surface area contributed by atoms with Gasteiger partial charge in [-0.05, 0) is 12.1 Å². The number of urea groups is 1. The molecule has 16 heavy (non-hydrogen) atoms. The molecule has 0 aliphatic carbocycles. The Morgan fingerprint density at radius 2 is 2.19 bits per heavy atom. The highest BCUT2D eigenvalue weighted by Gasteiger charge is 2.04. The van der Waals surface area contributed by atoms with Gasteiger partial charge in [-0.25, -0.2) is 4.79 Å². The molecular formula is C9H12N4O3. The summed E-state index contributed by atoms with van der Waals surface area (Å²) in [5, 5.41) is 1.87. The molecule has 0 atom stereocenters. The second kappa shape index (κ2) is 5.66. The molecule has 0 aromatic carbocycles. The summed E-state index contributed by atoms with van der Waals surface area (Å²) < 4.78 is 5.05. The van der Waals surface area contributed by atoms with Crippen LogP contribution in [-0.4, -0.2) is 23.5 Å². The zero-order valence-corrected chi connectivity index (χ0v) is 8.47. The lowest BCUT2D eigenvalue weighted by Gasteiger charge is -2.05. The normalized spacial score (nSPS) is 9.56. The van der Waals surface area contributed by atoms with Crippen LogP contribution in [0.25, 0.3) is 0 Å². The molecule has 7 nitrogen and oxygen atoms in total. The van der Waals surface area contributed by atoms with Crippen molar-refractivity contribution in [2.24, 2.45) is 11.5 Å². The third-order valence-corrected chi connectivity index (χ3v) is 1.64. The van der Waals surface area contributed by atoms with Crippen LogP contribution >= 0.6 is 0 Å². The maximum Gasteiger partial charge on any atom is 0.318 e. The number of rotatable bonds is 4. The molecule has 1 rings (SSSR count). The second-order valence-electron chi connectivity index (χ2n) is 2.89. The highest BCUT2D eigenvalue weighted by molar-refractivity contribution is 5.94. The lowest BCUT2D eigenvalue weighted by molar-refractivity contribution is -0.121. The SMILES string of the molecule is NCc1ccc(OCC(=O)NC(N)=O)cn1. The van der Waals surface area contributed by atoms with E-state index in [1.54, 1.807) is 12.1 Å². The minimum absolute atomic E-state index is 0.299. The molecule has 0 fully saturated rings. The monoisotopic (exact) mass is 224 g/mol. The standard InChI is InChI=1S/C9H12N4O3/c10-3-6-1-2-7(4-12-6)16-5-8(14)13-9(11)15/h1-2,4H,3,5,10H2,(H3,11,13,14,15). The molecule has 0 aliphatic rings. The average molecular weight is 224 g/mol. The Balaban J connectivity index is 2.42. The van der Waals surface area contributed by atoms with Gasteiger partial charge in [0.15, 0.2) is 6.61 Å². The van der Waals surface area contributed by atoms with Crippen LogP contribution in [0, 0.1) is 0 Å². The smallest absolute Gasteiger partial charge is 0.318 e. The van der Waals surface area contributed by atoms with Crippen molar-refractivity contribution in [2.45, 2.75) is 6.54 Å². The van der Waals surface area contributed by atoms with Crippen LogP contribution in [-0.2, 0) is 11.3 Å². The van der Waals surface area contributed by atoms with Crippen molar-refractivity contribution in [1.82, 2.24) is 10.3 Å². The number of hydrogen-bond donors (Lipinski definition) is 3. The number of amides is 3. The summed E-state index contributed by atoms with van der Waals surface area (Å²) in [5.74, 6) is -0.202. The number of primary amides is 1. The number of aromatic nitrogens is 1. The van der Waals surface area contributed by atoms with Gasteiger partial charge in [0.25, 0.3) is 5.91 Å². The molecule has 86 valence electrons. The molecule has 1 aromatic rings. The van der Waals surface area contributed by atoms with Gasteiger partial charge in [-0.2, -0.15) is 0 Å². The minimum atomic E-state index is -0.912. The fourth-order valence-electron chi connectivity index (χ4n) is 0.939. The summed E-state index contributed by atoms with van der Waals surface area (Å²) in [6, 6.07) is 2.40. The van der Waals surface area contributed by atoms with Gasteiger partial charge >= 0.3 is 6.03 Å². The molecule has 0 spiro atoms. The van der Waals surface area contributed by atoms with Gasteiger partial charge in [0.1, 0.15) is 5.75 Å². The molecule has 1 aromatic heterocycles. The first-order valence-corrected chi connectivity index (χ1v) is 4.49. The van der Waals surface area contributed by atoms with Crippen LogP contribution in [0.3, 0.4) is 0 Å². The van der Waals surface area contributed by atoms with Gasteiger partial charge in [0.2, 0.25) is 0 Å². The molecule has 0 saturated heterocycles. The predicted octanol–water partition coefficient (Wildman–Crippen LogP) is -0.886. The zero-order valence-electron chi connectivity index (χ0n) is 8.47. The van der Waals surface area contributed by atoms with Gasteiger partial charge in [0, 0.05) is 6.54 Å². The highest BCUT2D eigenvalue weighted by Crippen LogP contribution is 2.08. The van der Waals surface area contributed by atoms with E-state index in [1.165, 1.54) is 6.20 Å². The lowest BCUT2D eigenvalue weighted by Crippen LogP contribution is -2.38. The van der Waals surface area contributed by atoms with Crippen LogP contribution < -0.4 is 21.5 Å². The lowest BCUT2D eigenvalue weighted by atomic mass is 10.3. The van der Waals surface area contributed by atoms with Crippen molar-refractivity contribution in [1.29, 1.82) is 0 Å². The van der Waals surface area contributed by atoms with E-state index in [0.29, 0.717) is 18.0 Å². The topological polar surface area (TPSA) is 120 Å². The van der Waals surface area contributed by atoms with E-state index in [0.717, 1.165) is 0 Å². The highest BCUT2D eigenvalue weighted by atomic mass is 16.5. The fourth-order valence-corrected chi connectivity index (χ4v) is 0.939.